The van der Waals surface area contributed by atoms with Gasteiger partial charge in [0.2, 0.25) is 0 Å². The van der Waals surface area contributed by atoms with E-state index in [-0.39, 0.29) is 6.04 Å². The van der Waals surface area contributed by atoms with Crippen LogP contribution >= 0.6 is 0 Å². The molecule has 2 rings (SSSR count). The van der Waals surface area contributed by atoms with E-state index in [1.54, 1.807) is 0 Å². The van der Waals surface area contributed by atoms with E-state index in [1.807, 2.05) is 54.6 Å². The Labute approximate surface area is 95.9 Å². The summed E-state index contributed by atoms with van der Waals surface area (Å²) in [6, 6.07) is 18.2. The fourth-order valence-corrected chi connectivity index (χ4v) is 1.71. The Hall–Kier alpha value is -1.64. The third-order valence-corrected chi connectivity index (χ3v) is 2.73. The molecule has 0 aliphatic heterocycles. The molecule has 0 saturated carbocycles. The molecule has 0 aromatic heterocycles. The predicted molar refractivity (Wildman–Crippen MR) is 66.8 cm³/mol. The van der Waals surface area contributed by atoms with E-state index in [0.717, 1.165) is 16.7 Å². The van der Waals surface area contributed by atoms with E-state index >= 15 is 0 Å². The Balaban J connectivity index is 2.24. The zero-order chi connectivity index (χ0) is 11.4. The molecule has 0 saturated heterocycles. The van der Waals surface area contributed by atoms with Crippen molar-refractivity contribution in [3.63, 3.8) is 0 Å². The van der Waals surface area contributed by atoms with Gasteiger partial charge in [0.1, 0.15) is 0 Å². The van der Waals surface area contributed by atoms with Gasteiger partial charge in [-0.2, -0.15) is 0 Å². The molecule has 1 atom stereocenters. The van der Waals surface area contributed by atoms with Gasteiger partial charge in [-0.25, -0.2) is 0 Å². The second-order valence-corrected chi connectivity index (χ2v) is 3.83. The summed E-state index contributed by atoms with van der Waals surface area (Å²) in [5, 5.41) is 0. The predicted octanol–water partition coefficient (Wildman–Crippen LogP) is 2.19. The molecule has 82 valence electrons. The van der Waals surface area contributed by atoms with Crippen LogP contribution in [0.2, 0.25) is 0 Å². The molecule has 0 aliphatic carbocycles. The number of rotatable bonds is 3. The molecule has 0 heterocycles. The highest BCUT2D eigenvalue weighted by Gasteiger charge is 2.07. The van der Waals surface area contributed by atoms with Crippen molar-refractivity contribution in [1.82, 2.24) is 0 Å². The van der Waals surface area contributed by atoms with E-state index in [4.69, 9.17) is 11.5 Å². The topological polar surface area (TPSA) is 52.0 Å². The molecule has 0 amide bonds. The van der Waals surface area contributed by atoms with Crippen molar-refractivity contribution < 1.29 is 0 Å². The smallest absolute Gasteiger partial charge is 0.0551 e. The number of hydrogen-bond acceptors (Lipinski definition) is 2. The summed E-state index contributed by atoms with van der Waals surface area (Å²) in [5.74, 6) is 0. The SMILES string of the molecule is NCc1ccc(C(N)c2ccccc2)cc1. The summed E-state index contributed by atoms with van der Waals surface area (Å²) >= 11 is 0. The van der Waals surface area contributed by atoms with Gasteiger partial charge in [-0.05, 0) is 16.7 Å². The van der Waals surface area contributed by atoms with Gasteiger partial charge in [-0.1, -0.05) is 54.6 Å². The second-order valence-electron chi connectivity index (χ2n) is 3.83. The molecular weight excluding hydrogens is 196 g/mol. The fourth-order valence-electron chi connectivity index (χ4n) is 1.71. The summed E-state index contributed by atoms with van der Waals surface area (Å²) in [5.41, 5.74) is 15.1. The van der Waals surface area contributed by atoms with Gasteiger partial charge < -0.3 is 11.5 Å². The first-order chi connectivity index (χ1) is 7.81. The molecule has 2 aromatic carbocycles. The summed E-state index contributed by atoms with van der Waals surface area (Å²) in [6.45, 7) is 0.570. The standard InChI is InChI=1S/C14H16N2/c15-10-11-6-8-13(9-7-11)14(16)12-4-2-1-3-5-12/h1-9,14H,10,15-16H2. The Bertz CT molecular complexity index is 434. The van der Waals surface area contributed by atoms with Crippen molar-refractivity contribution in [2.75, 3.05) is 0 Å². The Kier molecular flexibility index (Phi) is 3.34. The van der Waals surface area contributed by atoms with Gasteiger partial charge in [0.05, 0.1) is 6.04 Å². The van der Waals surface area contributed by atoms with Gasteiger partial charge in [0.15, 0.2) is 0 Å². The molecule has 0 aliphatic rings. The highest BCUT2D eigenvalue weighted by Crippen LogP contribution is 2.19. The van der Waals surface area contributed by atoms with Gasteiger partial charge in [-0.3, -0.25) is 0 Å². The van der Waals surface area contributed by atoms with Crippen molar-refractivity contribution >= 4 is 0 Å². The van der Waals surface area contributed by atoms with Crippen LogP contribution in [0.4, 0.5) is 0 Å². The van der Waals surface area contributed by atoms with Gasteiger partial charge >= 0.3 is 0 Å². The van der Waals surface area contributed by atoms with E-state index in [9.17, 15) is 0 Å². The lowest BCUT2D eigenvalue weighted by atomic mass is 9.99. The van der Waals surface area contributed by atoms with E-state index in [2.05, 4.69) is 0 Å². The first-order valence-corrected chi connectivity index (χ1v) is 5.40. The van der Waals surface area contributed by atoms with E-state index in [1.165, 1.54) is 0 Å². The van der Waals surface area contributed by atoms with Crippen molar-refractivity contribution in [1.29, 1.82) is 0 Å². The Morgan fingerprint density at radius 1 is 0.812 bits per heavy atom. The molecule has 4 N–H and O–H groups in total. The fraction of sp³-hybridized carbons (Fsp3) is 0.143. The second kappa shape index (κ2) is 4.92. The van der Waals surface area contributed by atoms with Gasteiger partial charge in [0, 0.05) is 6.54 Å². The average molecular weight is 212 g/mol. The maximum Gasteiger partial charge on any atom is 0.0551 e. The lowest BCUT2D eigenvalue weighted by molar-refractivity contribution is 0.869. The summed E-state index contributed by atoms with van der Waals surface area (Å²) in [6.07, 6.45) is 0. The van der Waals surface area contributed by atoms with Gasteiger partial charge in [0.25, 0.3) is 0 Å². The highest BCUT2D eigenvalue weighted by atomic mass is 14.6. The molecule has 0 radical (unpaired) electrons. The van der Waals surface area contributed by atoms with Crippen LogP contribution < -0.4 is 11.5 Å². The van der Waals surface area contributed by atoms with Gasteiger partial charge in [-0.15, -0.1) is 0 Å². The summed E-state index contributed by atoms with van der Waals surface area (Å²) in [4.78, 5) is 0. The number of benzene rings is 2. The molecule has 0 fully saturated rings. The van der Waals surface area contributed by atoms with Crippen molar-refractivity contribution in [3.8, 4) is 0 Å². The Morgan fingerprint density at radius 2 is 1.38 bits per heavy atom. The average Bonchev–Trinajstić information content (AvgIpc) is 2.39. The molecule has 1 unspecified atom stereocenters. The van der Waals surface area contributed by atoms with Crippen LogP contribution in [-0.4, -0.2) is 0 Å². The third-order valence-electron chi connectivity index (χ3n) is 2.73. The molecule has 2 nitrogen and oxygen atoms in total. The molecule has 16 heavy (non-hydrogen) atoms. The van der Waals surface area contributed by atoms with Crippen LogP contribution in [0.5, 0.6) is 0 Å². The maximum atomic E-state index is 6.18. The van der Waals surface area contributed by atoms with E-state index in [0.29, 0.717) is 6.54 Å². The maximum absolute atomic E-state index is 6.18. The van der Waals surface area contributed by atoms with Crippen molar-refractivity contribution in [3.05, 3.63) is 71.3 Å². The van der Waals surface area contributed by atoms with Crippen LogP contribution in [0, 0.1) is 0 Å². The minimum Gasteiger partial charge on any atom is -0.326 e. The zero-order valence-corrected chi connectivity index (χ0v) is 9.14. The molecular formula is C14H16N2. The normalized spacial score (nSPS) is 12.4. The largest absolute Gasteiger partial charge is 0.326 e. The van der Waals surface area contributed by atoms with E-state index < -0.39 is 0 Å². The zero-order valence-electron chi connectivity index (χ0n) is 9.14. The van der Waals surface area contributed by atoms with Crippen LogP contribution in [0.1, 0.15) is 22.7 Å². The first-order valence-electron chi connectivity index (χ1n) is 5.40. The minimum absolute atomic E-state index is 0.0620. The quantitative estimate of drug-likeness (QED) is 0.819. The third kappa shape index (κ3) is 2.30. The Morgan fingerprint density at radius 3 is 1.94 bits per heavy atom. The lowest BCUT2D eigenvalue weighted by Gasteiger charge is -2.12. The van der Waals surface area contributed by atoms with Crippen LogP contribution in [-0.2, 0) is 6.54 Å². The molecule has 0 spiro atoms. The van der Waals surface area contributed by atoms with Crippen LogP contribution in [0.25, 0.3) is 0 Å². The summed E-state index contributed by atoms with van der Waals surface area (Å²) in [7, 11) is 0. The lowest BCUT2D eigenvalue weighted by Crippen LogP contribution is -2.11. The highest BCUT2D eigenvalue weighted by molar-refractivity contribution is 5.32. The monoisotopic (exact) mass is 212 g/mol. The first kappa shape index (κ1) is 10.9. The number of hydrogen-bond donors (Lipinski definition) is 2. The molecule has 2 heteroatoms. The van der Waals surface area contributed by atoms with Crippen LogP contribution in [0.15, 0.2) is 54.6 Å². The number of nitrogens with two attached hydrogens (primary N) is 2. The minimum atomic E-state index is -0.0620. The molecule has 0 bridgehead atoms. The van der Waals surface area contributed by atoms with Crippen molar-refractivity contribution in [2.45, 2.75) is 12.6 Å². The van der Waals surface area contributed by atoms with Crippen molar-refractivity contribution in [2.24, 2.45) is 11.5 Å². The molecule has 2 aromatic rings. The van der Waals surface area contributed by atoms with Crippen LogP contribution in [0.3, 0.4) is 0 Å². The summed E-state index contributed by atoms with van der Waals surface area (Å²) < 4.78 is 0.